The van der Waals surface area contributed by atoms with Crippen molar-refractivity contribution in [2.45, 2.75) is 39.7 Å². The van der Waals surface area contributed by atoms with Crippen LogP contribution in [-0.2, 0) is 10.3 Å². The monoisotopic (exact) mass is 237 g/mol. The summed E-state index contributed by atoms with van der Waals surface area (Å²) in [6, 6.07) is 3.21. The zero-order valence-electron chi connectivity index (χ0n) is 10.7. The van der Waals surface area contributed by atoms with Crippen LogP contribution in [0.4, 0.5) is 0 Å². The van der Waals surface area contributed by atoms with Gasteiger partial charge < -0.3 is 5.11 Å². The third kappa shape index (κ3) is 2.75. The average Bonchev–Trinajstić information content (AvgIpc) is 2.15. The third-order valence-corrected chi connectivity index (χ3v) is 2.87. The van der Waals surface area contributed by atoms with Crippen molar-refractivity contribution < 1.29 is 9.90 Å². The molecule has 4 nitrogen and oxygen atoms in total. The van der Waals surface area contributed by atoms with E-state index in [1.807, 2.05) is 20.8 Å². The number of hydrogen-bond donors (Lipinski definition) is 1. The normalized spacial score (nSPS) is 14.6. The number of carbonyl (C=O) groups is 1. The minimum atomic E-state index is -1.18. The summed E-state index contributed by atoms with van der Waals surface area (Å²) in [5.74, 6) is -0.776. The maximum absolute atomic E-state index is 11.9. The second-order valence-electron chi connectivity index (χ2n) is 5.09. The van der Waals surface area contributed by atoms with E-state index in [-0.39, 0.29) is 11.5 Å². The molecule has 0 aromatic carbocycles. The second kappa shape index (κ2) is 4.73. The van der Waals surface area contributed by atoms with Gasteiger partial charge in [0, 0.05) is 12.3 Å². The highest BCUT2D eigenvalue weighted by Gasteiger charge is 2.36. The molecular formula is C13H19NO3. The largest absolute Gasteiger partial charge is 0.479 e. The molecule has 0 aliphatic heterocycles. The second-order valence-corrected chi connectivity index (χ2v) is 5.09. The molecule has 1 N–H and O–H groups in total. The Labute approximate surface area is 101 Å². The summed E-state index contributed by atoms with van der Waals surface area (Å²) in [4.78, 5) is 23.3. The summed E-state index contributed by atoms with van der Waals surface area (Å²) in [6.07, 6.45) is 1.99. The molecule has 0 spiro atoms. The van der Waals surface area contributed by atoms with Crippen LogP contribution in [0.25, 0.3) is 0 Å². The van der Waals surface area contributed by atoms with Crippen molar-refractivity contribution in [2.75, 3.05) is 0 Å². The number of carboxylic acid groups (broad SMARTS) is 1. The number of nitrogens with zero attached hydrogens (tertiary/aromatic N) is 1. The van der Waals surface area contributed by atoms with Gasteiger partial charge in [0.15, 0.2) is 0 Å². The highest BCUT2D eigenvalue weighted by molar-refractivity contribution is 5.76. The van der Waals surface area contributed by atoms with Crippen LogP contribution in [0.15, 0.2) is 23.1 Å². The summed E-state index contributed by atoms with van der Waals surface area (Å²) in [7, 11) is 0. The molecule has 0 aliphatic rings. The number of aryl methyl sites for hydroxylation is 1. The molecule has 1 atom stereocenters. The van der Waals surface area contributed by atoms with Gasteiger partial charge in [-0.05, 0) is 37.8 Å². The summed E-state index contributed by atoms with van der Waals surface area (Å²) >= 11 is 0. The summed E-state index contributed by atoms with van der Waals surface area (Å²) < 4.78 is 1.31. The Morgan fingerprint density at radius 2 is 2.12 bits per heavy atom. The fourth-order valence-electron chi connectivity index (χ4n) is 2.07. The number of hydrogen-bond acceptors (Lipinski definition) is 2. The minimum absolute atomic E-state index is 0.198. The lowest BCUT2D eigenvalue weighted by molar-refractivity contribution is -0.147. The number of aromatic nitrogens is 1. The van der Waals surface area contributed by atoms with Gasteiger partial charge in [-0.1, -0.05) is 13.8 Å². The van der Waals surface area contributed by atoms with Gasteiger partial charge in [0.25, 0.3) is 5.56 Å². The number of aliphatic carboxylic acids is 1. The molecule has 1 aromatic rings. The molecule has 0 radical (unpaired) electrons. The summed E-state index contributed by atoms with van der Waals surface area (Å²) in [5, 5.41) is 9.37. The van der Waals surface area contributed by atoms with Crippen molar-refractivity contribution in [1.82, 2.24) is 4.57 Å². The first-order valence-corrected chi connectivity index (χ1v) is 5.70. The van der Waals surface area contributed by atoms with Gasteiger partial charge in [0.1, 0.15) is 5.54 Å². The van der Waals surface area contributed by atoms with E-state index < -0.39 is 11.5 Å². The van der Waals surface area contributed by atoms with Crippen molar-refractivity contribution in [3.8, 4) is 0 Å². The molecule has 1 heterocycles. The molecule has 1 unspecified atom stereocenters. The van der Waals surface area contributed by atoms with Crippen LogP contribution in [0.2, 0.25) is 0 Å². The van der Waals surface area contributed by atoms with Crippen LogP contribution in [-0.4, -0.2) is 15.6 Å². The van der Waals surface area contributed by atoms with E-state index in [9.17, 15) is 14.7 Å². The highest BCUT2D eigenvalue weighted by atomic mass is 16.4. The Bertz CT molecular complexity index is 476. The predicted octanol–water partition coefficient (Wildman–Crippen LogP) is 2.00. The van der Waals surface area contributed by atoms with Crippen molar-refractivity contribution in [3.05, 3.63) is 34.2 Å². The fraction of sp³-hybridized carbons (Fsp3) is 0.538. The lowest BCUT2D eigenvalue weighted by atomic mass is 9.90. The maximum atomic E-state index is 11.9. The number of rotatable bonds is 4. The number of pyridine rings is 1. The van der Waals surface area contributed by atoms with Gasteiger partial charge in [0.2, 0.25) is 0 Å². The molecule has 94 valence electrons. The summed E-state index contributed by atoms with van der Waals surface area (Å²) in [5.41, 5.74) is -0.613. The van der Waals surface area contributed by atoms with E-state index in [4.69, 9.17) is 0 Å². The third-order valence-electron chi connectivity index (χ3n) is 2.87. The minimum Gasteiger partial charge on any atom is -0.479 e. The van der Waals surface area contributed by atoms with Gasteiger partial charge in [-0.15, -0.1) is 0 Å². The van der Waals surface area contributed by atoms with E-state index >= 15 is 0 Å². The van der Waals surface area contributed by atoms with Crippen molar-refractivity contribution in [3.63, 3.8) is 0 Å². The van der Waals surface area contributed by atoms with Crippen LogP contribution in [0.5, 0.6) is 0 Å². The van der Waals surface area contributed by atoms with Crippen molar-refractivity contribution >= 4 is 5.97 Å². The van der Waals surface area contributed by atoms with E-state index in [1.54, 1.807) is 19.2 Å². The SMILES string of the molecule is Cc1ccn(C(C)(CC(C)C)C(=O)O)c(=O)c1. The molecule has 1 rings (SSSR count). The van der Waals surface area contributed by atoms with Crippen molar-refractivity contribution in [1.29, 1.82) is 0 Å². The van der Waals surface area contributed by atoms with Crippen LogP contribution in [0.3, 0.4) is 0 Å². The zero-order valence-corrected chi connectivity index (χ0v) is 10.7. The molecule has 0 aliphatic carbocycles. The van der Waals surface area contributed by atoms with Gasteiger partial charge in [-0.25, -0.2) is 4.79 Å². The smallest absolute Gasteiger partial charge is 0.329 e. The molecule has 0 bridgehead atoms. The van der Waals surface area contributed by atoms with Crippen LogP contribution in [0.1, 0.15) is 32.8 Å². The van der Waals surface area contributed by atoms with Gasteiger partial charge in [-0.3, -0.25) is 9.36 Å². The van der Waals surface area contributed by atoms with E-state index in [1.165, 1.54) is 10.6 Å². The quantitative estimate of drug-likeness (QED) is 0.871. The lowest BCUT2D eigenvalue weighted by Gasteiger charge is -2.29. The first-order chi connectivity index (χ1) is 7.77. The fourth-order valence-corrected chi connectivity index (χ4v) is 2.07. The van der Waals surface area contributed by atoms with Crippen LogP contribution in [0, 0.1) is 12.8 Å². The van der Waals surface area contributed by atoms with E-state index in [0.29, 0.717) is 6.42 Å². The molecule has 4 heteroatoms. The van der Waals surface area contributed by atoms with E-state index in [2.05, 4.69) is 0 Å². The standard InChI is InChI=1S/C13H19NO3/c1-9(2)8-13(4,12(16)17)14-6-5-10(3)7-11(14)15/h5-7,9H,8H2,1-4H3,(H,16,17). The molecule has 17 heavy (non-hydrogen) atoms. The van der Waals surface area contributed by atoms with Crippen LogP contribution >= 0.6 is 0 Å². The topological polar surface area (TPSA) is 59.3 Å². The Morgan fingerprint density at radius 1 is 1.53 bits per heavy atom. The maximum Gasteiger partial charge on any atom is 0.329 e. The Hall–Kier alpha value is -1.58. The van der Waals surface area contributed by atoms with Gasteiger partial charge >= 0.3 is 5.97 Å². The Morgan fingerprint density at radius 3 is 2.53 bits per heavy atom. The molecular weight excluding hydrogens is 218 g/mol. The zero-order chi connectivity index (χ0) is 13.2. The summed E-state index contributed by atoms with van der Waals surface area (Å²) in [6.45, 7) is 7.29. The average molecular weight is 237 g/mol. The highest BCUT2D eigenvalue weighted by Crippen LogP contribution is 2.24. The molecule has 0 saturated heterocycles. The predicted molar refractivity (Wildman–Crippen MR) is 66.2 cm³/mol. The first kappa shape index (κ1) is 13.5. The van der Waals surface area contributed by atoms with Gasteiger partial charge in [0.05, 0.1) is 0 Å². The Balaban J connectivity index is 3.32. The van der Waals surface area contributed by atoms with Crippen LogP contribution < -0.4 is 5.56 Å². The molecule has 1 aromatic heterocycles. The lowest BCUT2D eigenvalue weighted by Crippen LogP contribution is -2.45. The van der Waals surface area contributed by atoms with E-state index in [0.717, 1.165) is 5.56 Å². The number of carboxylic acids is 1. The van der Waals surface area contributed by atoms with Crippen molar-refractivity contribution in [2.24, 2.45) is 5.92 Å². The molecule has 0 amide bonds. The molecule has 0 fully saturated rings. The molecule has 0 saturated carbocycles. The van der Waals surface area contributed by atoms with Gasteiger partial charge in [-0.2, -0.15) is 0 Å². The Kier molecular flexibility index (Phi) is 3.76. The first-order valence-electron chi connectivity index (χ1n) is 5.70.